The molecule has 2 aliphatic rings. The van der Waals surface area contributed by atoms with Crippen molar-refractivity contribution in [1.29, 1.82) is 0 Å². The molecule has 1 aliphatic carbocycles. The monoisotopic (exact) mass is 378 g/mol. The molecule has 2 aromatic rings. The summed E-state index contributed by atoms with van der Waals surface area (Å²) < 4.78 is 16.2. The van der Waals surface area contributed by atoms with Crippen molar-refractivity contribution in [3.63, 3.8) is 0 Å². The number of hydrogen-bond acceptors (Lipinski definition) is 7. The van der Waals surface area contributed by atoms with E-state index in [2.05, 4.69) is 25.9 Å². The van der Waals surface area contributed by atoms with Crippen LogP contribution in [0.3, 0.4) is 0 Å². The van der Waals surface area contributed by atoms with Crippen LogP contribution < -0.4 is 0 Å². The van der Waals surface area contributed by atoms with E-state index in [0.717, 1.165) is 5.39 Å². The Kier molecular flexibility index (Phi) is 3.41. The van der Waals surface area contributed by atoms with Gasteiger partial charge in [0, 0.05) is 30.6 Å². The highest BCUT2D eigenvalue weighted by Crippen LogP contribution is 2.33. The van der Waals surface area contributed by atoms with Gasteiger partial charge in [-0.25, -0.2) is 14.6 Å². The Bertz CT molecular complexity index is 796. The second-order valence-corrected chi connectivity index (χ2v) is 6.31. The molecule has 0 bridgehead atoms. The van der Waals surface area contributed by atoms with E-state index in [1.54, 1.807) is 24.5 Å². The Hall–Kier alpha value is -2.22. The van der Waals surface area contributed by atoms with Gasteiger partial charge >= 0.3 is 12.1 Å². The van der Waals surface area contributed by atoms with Gasteiger partial charge < -0.3 is 14.2 Å². The average Bonchev–Trinajstić information content (AvgIpc) is 3.04. The zero-order valence-corrected chi connectivity index (χ0v) is 13.4. The van der Waals surface area contributed by atoms with Gasteiger partial charge in [-0.05, 0) is 28.1 Å². The summed E-state index contributed by atoms with van der Waals surface area (Å²) in [6.45, 7) is 0. The quantitative estimate of drug-likeness (QED) is 0.742. The number of nitrogens with zero attached hydrogens (tertiary/aromatic N) is 2. The maximum absolute atomic E-state index is 12.3. The van der Waals surface area contributed by atoms with Gasteiger partial charge in [0.2, 0.25) is 0 Å². The molecule has 0 aromatic carbocycles. The highest BCUT2D eigenvalue weighted by atomic mass is 79.9. The van der Waals surface area contributed by atoms with E-state index in [0.29, 0.717) is 22.8 Å². The molecule has 1 saturated heterocycles. The van der Waals surface area contributed by atoms with Crippen LogP contribution >= 0.6 is 15.9 Å². The molecule has 7 nitrogen and oxygen atoms in total. The molecule has 0 radical (unpaired) electrons. The van der Waals surface area contributed by atoms with E-state index < -0.39 is 12.1 Å². The minimum Gasteiger partial charge on any atom is -0.457 e. The zero-order valence-electron chi connectivity index (χ0n) is 11.8. The van der Waals surface area contributed by atoms with Gasteiger partial charge in [-0.1, -0.05) is 0 Å². The van der Waals surface area contributed by atoms with Crippen LogP contribution in [0, 0.1) is 0 Å². The summed E-state index contributed by atoms with van der Waals surface area (Å²) >= 11 is 3.36. The molecule has 1 saturated carbocycles. The molecule has 8 heteroatoms. The first-order valence-corrected chi connectivity index (χ1v) is 7.88. The third-order valence-electron chi connectivity index (χ3n) is 3.94. The number of hydrogen-bond donors (Lipinski definition) is 0. The molecule has 1 aliphatic heterocycles. The van der Waals surface area contributed by atoms with Crippen LogP contribution in [0.2, 0.25) is 0 Å². The molecule has 4 rings (SSSR count). The van der Waals surface area contributed by atoms with E-state index in [9.17, 15) is 9.59 Å². The summed E-state index contributed by atoms with van der Waals surface area (Å²) in [5.41, 5.74) is 0.870. The molecule has 2 aromatic heterocycles. The van der Waals surface area contributed by atoms with Gasteiger partial charge in [0.1, 0.15) is 24.0 Å². The Morgan fingerprint density at radius 1 is 1.22 bits per heavy atom. The lowest BCUT2D eigenvalue weighted by molar-refractivity contribution is 0.0224. The highest BCUT2D eigenvalue weighted by molar-refractivity contribution is 9.10. The molecule has 2 fully saturated rings. The fraction of sp³-hybridized carbons (Fsp3) is 0.333. The van der Waals surface area contributed by atoms with Gasteiger partial charge in [0.15, 0.2) is 0 Å². The van der Waals surface area contributed by atoms with E-state index in [-0.39, 0.29) is 24.0 Å². The molecule has 23 heavy (non-hydrogen) atoms. The van der Waals surface area contributed by atoms with Crippen molar-refractivity contribution in [3.05, 3.63) is 34.7 Å². The number of rotatable bonds is 2. The van der Waals surface area contributed by atoms with Crippen LogP contribution in [0.1, 0.15) is 23.3 Å². The fourth-order valence-electron chi connectivity index (χ4n) is 2.87. The number of ether oxygens (including phenoxy) is 3. The Morgan fingerprint density at radius 3 is 2.70 bits per heavy atom. The maximum atomic E-state index is 12.3. The number of esters is 1. The van der Waals surface area contributed by atoms with Crippen LogP contribution in [-0.4, -0.2) is 40.4 Å². The highest BCUT2D eigenvalue weighted by Gasteiger charge is 2.46. The van der Waals surface area contributed by atoms with E-state index >= 15 is 0 Å². The van der Waals surface area contributed by atoms with E-state index in [1.807, 2.05) is 0 Å². The summed E-state index contributed by atoms with van der Waals surface area (Å²) in [6, 6.07) is 3.37. The molecule has 3 heterocycles. The SMILES string of the molecule is O=C1O[C@H]2CC(OC(=O)c3ccc4cncc(Br)c4n3)C[C@H]2O1. The van der Waals surface area contributed by atoms with Crippen LogP contribution in [0.15, 0.2) is 29.0 Å². The molecule has 118 valence electrons. The number of carbonyl (C=O) groups excluding carboxylic acids is 2. The summed E-state index contributed by atoms with van der Waals surface area (Å²) in [6.07, 6.45) is 2.53. The zero-order chi connectivity index (χ0) is 16.0. The van der Waals surface area contributed by atoms with Crippen molar-refractivity contribution in [2.45, 2.75) is 31.2 Å². The Labute approximate surface area is 139 Å². The Balaban J connectivity index is 1.49. The van der Waals surface area contributed by atoms with Crippen molar-refractivity contribution in [2.24, 2.45) is 0 Å². The predicted molar refractivity (Wildman–Crippen MR) is 80.8 cm³/mol. The average molecular weight is 379 g/mol. The topological polar surface area (TPSA) is 87.6 Å². The second kappa shape index (κ2) is 5.45. The van der Waals surface area contributed by atoms with Gasteiger partial charge in [-0.2, -0.15) is 0 Å². The van der Waals surface area contributed by atoms with Gasteiger partial charge in [0.25, 0.3) is 0 Å². The predicted octanol–water partition coefficient (Wildman–Crippen LogP) is 2.62. The number of aromatic nitrogens is 2. The molecule has 3 atom stereocenters. The molecule has 0 spiro atoms. The van der Waals surface area contributed by atoms with Gasteiger partial charge in [-0.3, -0.25) is 4.98 Å². The fourth-order valence-corrected chi connectivity index (χ4v) is 3.31. The minimum atomic E-state index is -0.653. The third-order valence-corrected chi connectivity index (χ3v) is 4.52. The summed E-state index contributed by atoms with van der Waals surface area (Å²) in [4.78, 5) is 31.6. The largest absolute Gasteiger partial charge is 0.509 e. The Morgan fingerprint density at radius 2 is 1.96 bits per heavy atom. The number of pyridine rings is 2. The maximum Gasteiger partial charge on any atom is 0.509 e. The molecule has 0 N–H and O–H groups in total. The minimum absolute atomic E-state index is 0.222. The lowest BCUT2D eigenvalue weighted by Crippen LogP contribution is -2.18. The lowest BCUT2D eigenvalue weighted by atomic mass is 10.2. The molecule has 1 unspecified atom stereocenters. The first kappa shape index (κ1) is 14.4. The lowest BCUT2D eigenvalue weighted by Gasteiger charge is -2.12. The summed E-state index contributed by atoms with van der Waals surface area (Å²) in [5.74, 6) is -0.507. The number of halogens is 1. The van der Waals surface area contributed by atoms with Gasteiger partial charge in [0.05, 0.1) is 9.99 Å². The third kappa shape index (κ3) is 2.63. The van der Waals surface area contributed by atoms with Crippen LogP contribution in [0.4, 0.5) is 4.79 Å². The van der Waals surface area contributed by atoms with Crippen LogP contribution in [-0.2, 0) is 14.2 Å². The van der Waals surface area contributed by atoms with Crippen LogP contribution in [0.25, 0.3) is 10.9 Å². The van der Waals surface area contributed by atoms with Crippen LogP contribution in [0.5, 0.6) is 0 Å². The van der Waals surface area contributed by atoms with E-state index in [4.69, 9.17) is 14.2 Å². The number of carbonyl (C=O) groups is 2. The number of fused-ring (bicyclic) bond motifs is 2. The van der Waals surface area contributed by atoms with Crippen molar-refractivity contribution in [2.75, 3.05) is 0 Å². The van der Waals surface area contributed by atoms with Crippen molar-refractivity contribution in [3.8, 4) is 0 Å². The summed E-state index contributed by atoms with van der Waals surface area (Å²) in [5, 5.41) is 0.826. The summed E-state index contributed by atoms with van der Waals surface area (Å²) in [7, 11) is 0. The first-order chi connectivity index (χ1) is 11.1. The van der Waals surface area contributed by atoms with Crippen molar-refractivity contribution in [1.82, 2.24) is 9.97 Å². The van der Waals surface area contributed by atoms with Crippen molar-refractivity contribution >= 4 is 39.0 Å². The molecule has 0 amide bonds. The van der Waals surface area contributed by atoms with Crippen molar-refractivity contribution < 1.29 is 23.8 Å². The smallest absolute Gasteiger partial charge is 0.457 e. The standard InChI is InChI=1S/C15H11BrN2O5/c16-9-6-17-5-7-1-2-10(18-13(7)9)14(19)21-8-3-11-12(4-8)23-15(20)22-11/h1-2,5-6,8,11-12H,3-4H2/t8?,11-,12+. The molecular formula is C15H11BrN2O5. The first-order valence-electron chi connectivity index (χ1n) is 7.08. The second-order valence-electron chi connectivity index (χ2n) is 5.45. The molecular weight excluding hydrogens is 368 g/mol. The van der Waals surface area contributed by atoms with E-state index in [1.165, 1.54) is 0 Å². The van der Waals surface area contributed by atoms with Gasteiger partial charge in [-0.15, -0.1) is 0 Å². The normalized spacial score (nSPS) is 25.8.